The molecule has 1 aliphatic rings. The Labute approximate surface area is 228 Å². The summed E-state index contributed by atoms with van der Waals surface area (Å²) in [7, 11) is 3.87. The van der Waals surface area contributed by atoms with Crippen molar-refractivity contribution in [3.63, 3.8) is 0 Å². The van der Waals surface area contributed by atoms with E-state index in [0.717, 1.165) is 42.9 Å². The zero-order chi connectivity index (χ0) is 27.5. The molecule has 1 fully saturated rings. The van der Waals surface area contributed by atoms with Gasteiger partial charge in [0.05, 0.1) is 11.6 Å². The minimum absolute atomic E-state index is 0.0891. The highest BCUT2D eigenvalue weighted by Gasteiger charge is 2.22. The number of carbonyl (C=O) groups excluding carboxylic acids is 1. The molecule has 39 heavy (non-hydrogen) atoms. The number of amides is 1. The Morgan fingerprint density at radius 1 is 1.15 bits per heavy atom. The molecule has 2 aromatic carbocycles. The Bertz CT molecular complexity index is 1510. The largest absolute Gasteiger partial charge is 0.436 e. The second-order valence-electron chi connectivity index (χ2n) is 10.5. The van der Waals surface area contributed by atoms with E-state index >= 15 is 0 Å². The number of carbonyl (C=O) groups is 1. The maximum absolute atomic E-state index is 12.8. The van der Waals surface area contributed by atoms with E-state index in [4.69, 9.17) is 4.42 Å². The lowest BCUT2D eigenvalue weighted by Crippen LogP contribution is -2.39. The second kappa shape index (κ2) is 11.1. The number of benzene rings is 2. The molecule has 1 amide bonds. The van der Waals surface area contributed by atoms with Gasteiger partial charge in [0.15, 0.2) is 5.58 Å². The normalized spacial score (nSPS) is 14.0. The van der Waals surface area contributed by atoms with Crippen LogP contribution in [0.4, 0.5) is 11.8 Å². The van der Waals surface area contributed by atoms with Crippen LogP contribution >= 0.6 is 0 Å². The molecule has 0 unspecified atom stereocenters. The summed E-state index contributed by atoms with van der Waals surface area (Å²) in [6.07, 6.45) is 3.78. The number of rotatable bonds is 7. The predicted octanol–water partition coefficient (Wildman–Crippen LogP) is 4.99. The van der Waals surface area contributed by atoms with E-state index < -0.39 is 0 Å². The van der Waals surface area contributed by atoms with Crippen molar-refractivity contribution in [3.8, 4) is 17.5 Å². The van der Waals surface area contributed by atoms with Gasteiger partial charge in [-0.15, -0.1) is 0 Å². The first-order chi connectivity index (χ1) is 18.8. The number of fused-ring (bicyclic) bond motifs is 1. The Balaban J connectivity index is 1.18. The van der Waals surface area contributed by atoms with Crippen molar-refractivity contribution in [1.29, 1.82) is 5.26 Å². The standard InChI is InChI=1S/C30H33N7O2/c1-19(2)24-15-21(17-31)16-25-27(24)39-29(34-25)23-7-5-22(6-8-23)28(38)33-18-20-10-13-37(14-11-20)26-9-12-32-30(35-26)36(3)4/h5-9,12,15-16,19-20H,10-11,13-14,18H2,1-4H3,(H,33,38). The van der Waals surface area contributed by atoms with Gasteiger partial charge in [0.2, 0.25) is 11.8 Å². The van der Waals surface area contributed by atoms with Crippen molar-refractivity contribution in [1.82, 2.24) is 20.3 Å². The van der Waals surface area contributed by atoms with Crippen LogP contribution in [-0.4, -0.2) is 54.6 Å². The van der Waals surface area contributed by atoms with E-state index in [1.54, 1.807) is 24.4 Å². The highest BCUT2D eigenvalue weighted by molar-refractivity contribution is 5.94. The fourth-order valence-corrected chi connectivity index (χ4v) is 4.88. The quantitative estimate of drug-likeness (QED) is 0.361. The Morgan fingerprint density at radius 2 is 1.90 bits per heavy atom. The molecule has 5 rings (SSSR count). The van der Waals surface area contributed by atoms with Crippen molar-refractivity contribution in [3.05, 3.63) is 65.4 Å². The van der Waals surface area contributed by atoms with Crippen LogP contribution in [0, 0.1) is 17.2 Å². The van der Waals surface area contributed by atoms with Crippen molar-refractivity contribution in [2.45, 2.75) is 32.6 Å². The molecule has 9 heteroatoms. The minimum Gasteiger partial charge on any atom is -0.436 e. The number of piperidine rings is 1. The molecular weight excluding hydrogens is 490 g/mol. The van der Waals surface area contributed by atoms with Gasteiger partial charge in [-0.05, 0) is 67.1 Å². The maximum Gasteiger partial charge on any atom is 0.251 e. The van der Waals surface area contributed by atoms with Crippen LogP contribution in [0.25, 0.3) is 22.6 Å². The van der Waals surface area contributed by atoms with Gasteiger partial charge in [0.25, 0.3) is 5.91 Å². The number of nitriles is 1. The van der Waals surface area contributed by atoms with Gasteiger partial charge < -0.3 is 19.5 Å². The van der Waals surface area contributed by atoms with E-state index in [1.165, 1.54) is 0 Å². The average molecular weight is 524 g/mol. The zero-order valence-electron chi connectivity index (χ0n) is 22.8. The first-order valence-corrected chi connectivity index (χ1v) is 13.3. The monoisotopic (exact) mass is 523 g/mol. The highest BCUT2D eigenvalue weighted by atomic mass is 16.3. The summed E-state index contributed by atoms with van der Waals surface area (Å²) < 4.78 is 6.10. The van der Waals surface area contributed by atoms with Crippen LogP contribution < -0.4 is 15.1 Å². The van der Waals surface area contributed by atoms with Gasteiger partial charge in [-0.3, -0.25) is 4.79 Å². The van der Waals surface area contributed by atoms with Crippen molar-refractivity contribution >= 4 is 28.8 Å². The Morgan fingerprint density at radius 3 is 2.56 bits per heavy atom. The number of oxazole rings is 1. The number of aromatic nitrogens is 3. The number of hydrogen-bond donors (Lipinski definition) is 1. The minimum atomic E-state index is -0.0891. The van der Waals surface area contributed by atoms with E-state index in [-0.39, 0.29) is 11.8 Å². The fraction of sp³-hybridized carbons (Fsp3) is 0.367. The lowest BCUT2D eigenvalue weighted by atomic mass is 9.96. The molecule has 200 valence electrons. The third-order valence-electron chi connectivity index (χ3n) is 7.18. The summed E-state index contributed by atoms with van der Waals surface area (Å²) in [5, 5.41) is 12.5. The van der Waals surface area contributed by atoms with Gasteiger partial charge in [0.1, 0.15) is 11.3 Å². The van der Waals surface area contributed by atoms with Crippen LogP contribution in [0.5, 0.6) is 0 Å². The van der Waals surface area contributed by atoms with Gasteiger partial charge in [-0.1, -0.05) is 13.8 Å². The molecule has 0 bridgehead atoms. The van der Waals surface area contributed by atoms with Crippen molar-refractivity contribution in [2.24, 2.45) is 5.92 Å². The molecular formula is C30H33N7O2. The number of hydrogen-bond acceptors (Lipinski definition) is 8. The maximum atomic E-state index is 12.8. The number of nitrogens with one attached hydrogen (secondary N) is 1. The molecule has 0 saturated carbocycles. The van der Waals surface area contributed by atoms with Crippen molar-refractivity contribution in [2.75, 3.05) is 43.5 Å². The number of nitrogens with zero attached hydrogens (tertiary/aromatic N) is 6. The van der Waals surface area contributed by atoms with Crippen LogP contribution in [0.1, 0.15) is 54.1 Å². The van der Waals surface area contributed by atoms with Gasteiger partial charge in [-0.2, -0.15) is 10.2 Å². The van der Waals surface area contributed by atoms with Gasteiger partial charge in [-0.25, -0.2) is 9.97 Å². The average Bonchev–Trinajstić information content (AvgIpc) is 3.40. The van der Waals surface area contributed by atoms with E-state index in [1.807, 2.05) is 43.3 Å². The summed E-state index contributed by atoms with van der Waals surface area (Å²) in [5.74, 6) is 2.66. The van der Waals surface area contributed by atoms with E-state index in [9.17, 15) is 10.1 Å². The molecule has 4 aromatic rings. The molecule has 0 spiro atoms. The van der Waals surface area contributed by atoms with Crippen LogP contribution in [0.15, 0.2) is 53.1 Å². The predicted molar refractivity (Wildman–Crippen MR) is 152 cm³/mol. The van der Waals surface area contributed by atoms with E-state index in [0.29, 0.717) is 46.5 Å². The fourth-order valence-electron chi connectivity index (χ4n) is 4.88. The summed E-state index contributed by atoms with van der Waals surface area (Å²) in [6.45, 7) is 6.57. The second-order valence-corrected chi connectivity index (χ2v) is 10.5. The highest BCUT2D eigenvalue weighted by Crippen LogP contribution is 2.31. The Kier molecular flexibility index (Phi) is 7.46. The summed E-state index contributed by atoms with van der Waals surface area (Å²) >= 11 is 0. The lowest BCUT2D eigenvalue weighted by molar-refractivity contribution is 0.0945. The molecule has 0 aliphatic carbocycles. The Hall–Kier alpha value is -4.45. The molecule has 1 saturated heterocycles. The SMILES string of the molecule is CC(C)c1cc(C#N)cc2nc(-c3ccc(C(=O)NCC4CCN(c5ccnc(N(C)C)n5)CC4)cc3)oc12. The first-order valence-electron chi connectivity index (χ1n) is 13.3. The van der Waals surface area contributed by atoms with E-state index in [2.05, 4.69) is 45.1 Å². The topological polar surface area (TPSA) is 111 Å². The van der Waals surface area contributed by atoms with Gasteiger partial charge in [0, 0.05) is 56.6 Å². The molecule has 0 atom stereocenters. The summed E-state index contributed by atoms with van der Waals surface area (Å²) in [4.78, 5) is 30.6. The van der Waals surface area contributed by atoms with Crippen LogP contribution in [0.3, 0.4) is 0 Å². The first kappa shape index (κ1) is 26.2. The molecule has 9 nitrogen and oxygen atoms in total. The molecule has 0 radical (unpaired) electrons. The molecule has 3 heterocycles. The zero-order valence-corrected chi connectivity index (χ0v) is 22.8. The smallest absolute Gasteiger partial charge is 0.251 e. The molecule has 1 N–H and O–H groups in total. The van der Waals surface area contributed by atoms with Crippen LogP contribution in [0.2, 0.25) is 0 Å². The summed E-state index contributed by atoms with van der Waals surface area (Å²) in [5.41, 5.74) is 4.27. The van der Waals surface area contributed by atoms with Crippen LogP contribution in [-0.2, 0) is 0 Å². The lowest BCUT2D eigenvalue weighted by Gasteiger charge is -2.33. The summed E-state index contributed by atoms with van der Waals surface area (Å²) in [6, 6.07) is 15.0. The van der Waals surface area contributed by atoms with Gasteiger partial charge >= 0.3 is 0 Å². The third-order valence-corrected chi connectivity index (χ3v) is 7.18. The molecule has 2 aromatic heterocycles. The molecule has 1 aliphatic heterocycles. The third kappa shape index (κ3) is 5.70. The number of anilines is 2. The van der Waals surface area contributed by atoms with Crippen molar-refractivity contribution < 1.29 is 9.21 Å².